The summed E-state index contributed by atoms with van der Waals surface area (Å²) < 4.78 is 11.4. The minimum Gasteiger partial charge on any atom is -0.347 e. The number of hydrogen-bond acceptors (Lipinski definition) is 6. The molecule has 9 heteroatoms. The van der Waals surface area contributed by atoms with Crippen LogP contribution in [0.2, 0.25) is 0 Å². The van der Waals surface area contributed by atoms with Gasteiger partial charge in [0.25, 0.3) is 11.8 Å². The summed E-state index contributed by atoms with van der Waals surface area (Å²) in [7, 11) is 0. The van der Waals surface area contributed by atoms with Gasteiger partial charge in [0, 0.05) is 25.9 Å². The summed E-state index contributed by atoms with van der Waals surface area (Å²) in [6.45, 7) is 4.43. The van der Waals surface area contributed by atoms with Crippen LogP contribution in [-0.2, 0) is 24.6 Å². The van der Waals surface area contributed by atoms with E-state index in [9.17, 15) is 14.4 Å². The first-order chi connectivity index (χ1) is 14.0. The van der Waals surface area contributed by atoms with Crippen LogP contribution in [0.4, 0.5) is 4.79 Å². The lowest BCUT2D eigenvalue weighted by atomic mass is 9.87. The Morgan fingerprint density at radius 1 is 1.14 bits per heavy atom. The number of likely N-dealkylation sites (tertiary alicyclic amines) is 1. The zero-order valence-corrected chi connectivity index (χ0v) is 16.5. The zero-order chi connectivity index (χ0) is 20.5. The minimum absolute atomic E-state index is 0.0948. The van der Waals surface area contributed by atoms with Crippen molar-refractivity contribution in [3.63, 3.8) is 0 Å². The molecule has 0 bridgehead atoms. The van der Waals surface area contributed by atoms with E-state index < -0.39 is 29.2 Å². The first-order valence-electron chi connectivity index (χ1n) is 10.00. The van der Waals surface area contributed by atoms with Crippen LogP contribution >= 0.6 is 0 Å². The number of piperidine rings is 1. The average molecular weight is 402 g/mol. The highest BCUT2D eigenvalue weighted by atomic mass is 16.7. The second-order valence-corrected chi connectivity index (χ2v) is 7.61. The van der Waals surface area contributed by atoms with Crippen LogP contribution < -0.4 is 10.7 Å². The van der Waals surface area contributed by atoms with Gasteiger partial charge in [0.05, 0.1) is 19.8 Å². The van der Waals surface area contributed by atoms with Crippen LogP contribution in [-0.4, -0.2) is 66.4 Å². The maximum Gasteiger partial charge on any atom is 0.344 e. The molecule has 0 aliphatic carbocycles. The molecule has 156 valence electrons. The van der Waals surface area contributed by atoms with Gasteiger partial charge in [-0.05, 0) is 12.0 Å². The number of carbonyl (C=O) groups is 3. The number of rotatable bonds is 5. The first-order valence-corrected chi connectivity index (χ1v) is 10.00. The van der Waals surface area contributed by atoms with E-state index in [-0.39, 0.29) is 6.54 Å². The molecule has 0 saturated carbocycles. The molecule has 3 heterocycles. The molecule has 0 radical (unpaired) electrons. The molecular weight excluding hydrogens is 376 g/mol. The van der Waals surface area contributed by atoms with Crippen molar-refractivity contribution in [2.75, 3.05) is 32.8 Å². The lowest BCUT2D eigenvalue weighted by Crippen LogP contribution is -2.53. The number of ether oxygens (including phenoxy) is 2. The molecule has 0 aromatic heterocycles. The molecule has 9 nitrogen and oxygen atoms in total. The predicted octanol–water partition coefficient (Wildman–Crippen LogP) is 0.714. The molecule has 4 amide bonds. The number of nitrogens with zero attached hydrogens (tertiary/aromatic N) is 2. The Bertz CT molecular complexity index is 785. The normalized spacial score (nSPS) is 26.7. The Kier molecular flexibility index (Phi) is 5.28. The number of hydrazine groups is 1. The van der Waals surface area contributed by atoms with Crippen LogP contribution in [0.15, 0.2) is 30.3 Å². The van der Waals surface area contributed by atoms with Crippen LogP contribution in [0.25, 0.3) is 0 Å². The van der Waals surface area contributed by atoms with E-state index in [1.807, 2.05) is 30.0 Å². The Labute approximate surface area is 169 Å². The molecule has 1 spiro atoms. The largest absolute Gasteiger partial charge is 0.347 e. The van der Waals surface area contributed by atoms with E-state index in [0.29, 0.717) is 51.1 Å². The molecule has 29 heavy (non-hydrogen) atoms. The molecule has 3 aliphatic rings. The van der Waals surface area contributed by atoms with Gasteiger partial charge in [-0.3, -0.25) is 19.9 Å². The molecule has 1 aromatic carbocycles. The molecule has 3 aliphatic heterocycles. The standard InChI is InChI=1S/C20H26N4O5/c1-2-20(15-6-4-3-5-7-15)17(26)24(18(27)21-20)22-16(25)14-23-10-8-19(9-11-23)28-12-13-29-19/h3-7H,2,8-14H2,1H3,(H,21,27)(H,22,25). The van der Waals surface area contributed by atoms with Crippen LogP contribution in [0, 0.1) is 0 Å². The molecule has 1 aromatic rings. The van der Waals surface area contributed by atoms with Crippen LogP contribution in [0.5, 0.6) is 0 Å². The lowest BCUT2D eigenvalue weighted by molar-refractivity contribution is -0.185. The van der Waals surface area contributed by atoms with Crippen molar-refractivity contribution in [2.45, 2.75) is 37.5 Å². The molecule has 2 N–H and O–H groups in total. The predicted molar refractivity (Wildman–Crippen MR) is 102 cm³/mol. The highest BCUT2D eigenvalue weighted by molar-refractivity contribution is 6.08. The number of hydrogen-bond donors (Lipinski definition) is 2. The second kappa shape index (κ2) is 7.74. The van der Waals surface area contributed by atoms with Crippen molar-refractivity contribution in [1.82, 2.24) is 20.7 Å². The van der Waals surface area contributed by atoms with Crippen molar-refractivity contribution in [3.05, 3.63) is 35.9 Å². The minimum atomic E-state index is -1.17. The third kappa shape index (κ3) is 3.61. The summed E-state index contributed by atoms with van der Waals surface area (Å²) in [5, 5.41) is 3.55. The van der Waals surface area contributed by atoms with E-state index in [2.05, 4.69) is 10.7 Å². The Hall–Kier alpha value is -2.49. The number of nitrogens with one attached hydrogen (secondary N) is 2. The van der Waals surface area contributed by atoms with E-state index in [4.69, 9.17) is 9.47 Å². The first kappa shape index (κ1) is 19.8. The molecular formula is C20H26N4O5. The van der Waals surface area contributed by atoms with E-state index >= 15 is 0 Å². The van der Waals surface area contributed by atoms with Crippen molar-refractivity contribution in [3.8, 4) is 0 Å². The van der Waals surface area contributed by atoms with Crippen molar-refractivity contribution in [2.24, 2.45) is 0 Å². The van der Waals surface area contributed by atoms with E-state index in [1.165, 1.54) is 0 Å². The van der Waals surface area contributed by atoms with Gasteiger partial charge in [0.1, 0.15) is 5.54 Å². The average Bonchev–Trinajstić information content (AvgIpc) is 3.29. The van der Waals surface area contributed by atoms with Crippen molar-refractivity contribution in [1.29, 1.82) is 0 Å². The Morgan fingerprint density at radius 3 is 2.41 bits per heavy atom. The Morgan fingerprint density at radius 2 is 1.79 bits per heavy atom. The molecule has 1 atom stereocenters. The molecule has 1 unspecified atom stereocenters. The summed E-state index contributed by atoms with van der Waals surface area (Å²) in [6.07, 6.45) is 1.76. The number of carbonyl (C=O) groups excluding carboxylic acids is 3. The summed E-state index contributed by atoms with van der Waals surface area (Å²) in [6, 6.07) is 8.44. The lowest BCUT2D eigenvalue weighted by Gasteiger charge is -2.37. The quantitative estimate of drug-likeness (QED) is 0.704. The topological polar surface area (TPSA) is 100 Å². The van der Waals surface area contributed by atoms with Crippen LogP contribution in [0.3, 0.4) is 0 Å². The molecule has 4 rings (SSSR count). The van der Waals surface area contributed by atoms with Gasteiger partial charge in [0.15, 0.2) is 5.79 Å². The second-order valence-electron chi connectivity index (χ2n) is 7.61. The summed E-state index contributed by atoms with van der Waals surface area (Å²) in [5.74, 6) is -1.39. The van der Waals surface area contributed by atoms with E-state index in [1.54, 1.807) is 12.1 Å². The van der Waals surface area contributed by atoms with Gasteiger partial charge < -0.3 is 14.8 Å². The number of imide groups is 1. The maximum atomic E-state index is 13.0. The highest BCUT2D eigenvalue weighted by Crippen LogP contribution is 2.32. The number of amides is 4. The monoisotopic (exact) mass is 402 g/mol. The SMILES string of the molecule is CCC1(c2ccccc2)NC(=O)N(NC(=O)CN2CCC3(CC2)OCCO3)C1=O. The van der Waals surface area contributed by atoms with E-state index in [0.717, 1.165) is 5.01 Å². The maximum absolute atomic E-state index is 13.0. The third-order valence-corrected chi connectivity index (χ3v) is 5.92. The van der Waals surface area contributed by atoms with Gasteiger partial charge in [-0.1, -0.05) is 37.3 Å². The summed E-state index contributed by atoms with van der Waals surface area (Å²) in [5.41, 5.74) is 2.00. The molecule has 3 saturated heterocycles. The zero-order valence-electron chi connectivity index (χ0n) is 16.5. The highest BCUT2D eigenvalue weighted by Gasteiger charge is 2.52. The van der Waals surface area contributed by atoms with Crippen molar-refractivity contribution >= 4 is 17.8 Å². The fourth-order valence-electron chi connectivity index (χ4n) is 4.24. The third-order valence-electron chi connectivity index (χ3n) is 5.92. The van der Waals surface area contributed by atoms with Gasteiger partial charge in [0.2, 0.25) is 0 Å². The summed E-state index contributed by atoms with van der Waals surface area (Å²) in [4.78, 5) is 40.0. The number of urea groups is 1. The van der Waals surface area contributed by atoms with Crippen molar-refractivity contribution < 1.29 is 23.9 Å². The number of benzene rings is 1. The fraction of sp³-hybridized carbons (Fsp3) is 0.550. The van der Waals surface area contributed by atoms with Crippen LogP contribution in [0.1, 0.15) is 31.7 Å². The Balaban J connectivity index is 1.37. The van der Waals surface area contributed by atoms with Gasteiger partial charge in [-0.25, -0.2) is 4.79 Å². The van der Waals surface area contributed by atoms with Gasteiger partial charge >= 0.3 is 6.03 Å². The summed E-state index contributed by atoms with van der Waals surface area (Å²) >= 11 is 0. The van der Waals surface area contributed by atoms with Gasteiger partial charge in [-0.2, -0.15) is 5.01 Å². The smallest absolute Gasteiger partial charge is 0.344 e. The fourth-order valence-corrected chi connectivity index (χ4v) is 4.24. The van der Waals surface area contributed by atoms with Gasteiger partial charge in [-0.15, -0.1) is 0 Å². The molecule has 3 fully saturated rings.